The van der Waals surface area contributed by atoms with Crippen molar-refractivity contribution in [1.82, 2.24) is 0 Å². The Bertz CT molecular complexity index is 449. The van der Waals surface area contributed by atoms with Crippen LogP contribution in [0.15, 0.2) is 22.9 Å². The van der Waals surface area contributed by atoms with E-state index in [9.17, 15) is 5.11 Å². The van der Waals surface area contributed by atoms with Crippen molar-refractivity contribution in [3.8, 4) is 0 Å². The molecule has 2 aromatic rings. The lowest BCUT2D eigenvalue weighted by molar-refractivity contribution is 0.182. The van der Waals surface area contributed by atoms with Gasteiger partial charge in [0, 0.05) is 16.2 Å². The van der Waals surface area contributed by atoms with Gasteiger partial charge in [-0.2, -0.15) is 11.3 Å². The Kier molecular flexibility index (Phi) is 2.84. The van der Waals surface area contributed by atoms with Crippen LogP contribution in [-0.4, -0.2) is 5.11 Å². The topological polar surface area (TPSA) is 20.2 Å². The number of rotatable bonds is 3. The monoisotopic (exact) mass is 250 g/mol. The second-order valence-electron chi connectivity index (χ2n) is 4.30. The average Bonchev–Trinajstić information content (AvgIpc) is 2.91. The van der Waals surface area contributed by atoms with Gasteiger partial charge < -0.3 is 5.11 Å². The molecule has 3 rings (SSSR count). The van der Waals surface area contributed by atoms with Gasteiger partial charge in [0.05, 0.1) is 6.10 Å². The van der Waals surface area contributed by atoms with Crippen molar-refractivity contribution in [3.05, 3.63) is 43.8 Å². The number of thiophene rings is 2. The predicted molar refractivity (Wildman–Crippen MR) is 69.3 cm³/mol. The Morgan fingerprint density at radius 3 is 3.06 bits per heavy atom. The van der Waals surface area contributed by atoms with E-state index >= 15 is 0 Å². The van der Waals surface area contributed by atoms with Gasteiger partial charge in [-0.3, -0.25) is 0 Å². The van der Waals surface area contributed by atoms with Gasteiger partial charge in [0.15, 0.2) is 0 Å². The van der Waals surface area contributed by atoms with Crippen LogP contribution in [0.3, 0.4) is 0 Å². The maximum atomic E-state index is 10.2. The summed E-state index contributed by atoms with van der Waals surface area (Å²) in [6.07, 6.45) is 4.15. The van der Waals surface area contributed by atoms with Crippen molar-refractivity contribution in [1.29, 1.82) is 0 Å². The van der Waals surface area contributed by atoms with Crippen molar-refractivity contribution in [3.63, 3.8) is 0 Å². The van der Waals surface area contributed by atoms with Crippen molar-refractivity contribution >= 4 is 22.7 Å². The summed E-state index contributed by atoms with van der Waals surface area (Å²) in [5.41, 5.74) is 2.72. The van der Waals surface area contributed by atoms with Gasteiger partial charge in [0.2, 0.25) is 0 Å². The van der Waals surface area contributed by atoms with E-state index in [0.717, 1.165) is 11.3 Å². The van der Waals surface area contributed by atoms with E-state index in [-0.39, 0.29) is 6.10 Å². The van der Waals surface area contributed by atoms with Crippen molar-refractivity contribution in [2.24, 2.45) is 0 Å². The van der Waals surface area contributed by atoms with E-state index in [0.29, 0.717) is 0 Å². The fraction of sp³-hybridized carbons (Fsp3) is 0.385. The second kappa shape index (κ2) is 4.32. The molecule has 1 N–H and O–H groups in total. The van der Waals surface area contributed by atoms with E-state index in [2.05, 4.69) is 22.9 Å². The zero-order valence-electron chi connectivity index (χ0n) is 8.98. The summed E-state index contributed by atoms with van der Waals surface area (Å²) in [5, 5.41) is 14.3. The fourth-order valence-corrected chi connectivity index (χ4v) is 4.17. The highest BCUT2D eigenvalue weighted by Gasteiger charge is 2.18. The van der Waals surface area contributed by atoms with Crippen LogP contribution < -0.4 is 0 Å². The normalized spacial score (nSPS) is 16.3. The van der Waals surface area contributed by atoms with Crippen molar-refractivity contribution in [2.45, 2.75) is 31.8 Å². The highest BCUT2D eigenvalue weighted by Crippen LogP contribution is 2.34. The first-order chi connectivity index (χ1) is 7.83. The summed E-state index contributed by atoms with van der Waals surface area (Å²) in [7, 11) is 0. The number of hydrogen-bond donors (Lipinski definition) is 1. The van der Waals surface area contributed by atoms with Gasteiger partial charge >= 0.3 is 0 Å². The molecule has 0 aromatic carbocycles. The van der Waals surface area contributed by atoms with Gasteiger partial charge in [0.1, 0.15) is 0 Å². The zero-order chi connectivity index (χ0) is 11.0. The molecule has 2 aromatic heterocycles. The third-order valence-corrected chi connectivity index (χ3v) is 5.17. The number of aliphatic hydroxyl groups excluding tert-OH is 1. The minimum Gasteiger partial charge on any atom is -0.387 e. The van der Waals surface area contributed by atoms with Crippen LogP contribution in [-0.2, 0) is 19.3 Å². The Balaban J connectivity index is 1.76. The molecule has 16 heavy (non-hydrogen) atoms. The molecule has 0 spiro atoms. The largest absolute Gasteiger partial charge is 0.387 e. The first-order valence-corrected chi connectivity index (χ1v) is 7.39. The summed E-state index contributed by atoms with van der Waals surface area (Å²) < 4.78 is 0. The molecular weight excluding hydrogens is 236 g/mol. The standard InChI is InChI=1S/C13H14OS2/c14-11(6-9-4-5-15-8-9)13-7-10-2-1-3-12(10)16-13/h4-5,7-8,11,14H,1-3,6H2. The lowest BCUT2D eigenvalue weighted by Gasteiger charge is -2.06. The lowest BCUT2D eigenvalue weighted by Crippen LogP contribution is -1.98. The molecule has 0 radical (unpaired) electrons. The molecule has 1 aliphatic rings. The van der Waals surface area contributed by atoms with Crippen LogP contribution in [0.4, 0.5) is 0 Å². The van der Waals surface area contributed by atoms with Gasteiger partial charge in [-0.15, -0.1) is 11.3 Å². The zero-order valence-corrected chi connectivity index (χ0v) is 10.6. The predicted octanol–water partition coefficient (Wildman–Crippen LogP) is 3.57. The van der Waals surface area contributed by atoms with Crippen LogP contribution in [0.1, 0.15) is 33.4 Å². The molecule has 1 aliphatic carbocycles. The highest BCUT2D eigenvalue weighted by molar-refractivity contribution is 7.12. The van der Waals surface area contributed by atoms with Crippen LogP contribution >= 0.6 is 22.7 Å². The maximum Gasteiger partial charge on any atom is 0.0922 e. The van der Waals surface area contributed by atoms with Crippen molar-refractivity contribution < 1.29 is 5.11 Å². The molecule has 0 saturated carbocycles. The Labute approximate surface area is 103 Å². The van der Waals surface area contributed by atoms with Crippen molar-refractivity contribution in [2.75, 3.05) is 0 Å². The van der Waals surface area contributed by atoms with E-state index in [1.54, 1.807) is 22.7 Å². The van der Waals surface area contributed by atoms with Gasteiger partial charge in [-0.1, -0.05) is 0 Å². The Morgan fingerprint density at radius 1 is 1.38 bits per heavy atom. The maximum absolute atomic E-state index is 10.2. The molecule has 3 heteroatoms. The molecule has 1 unspecified atom stereocenters. The third-order valence-electron chi connectivity index (χ3n) is 3.10. The fourth-order valence-electron chi connectivity index (χ4n) is 2.25. The lowest BCUT2D eigenvalue weighted by atomic mass is 10.1. The van der Waals surface area contributed by atoms with Gasteiger partial charge in [-0.05, 0) is 53.3 Å². The number of hydrogen-bond acceptors (Lipinski definition) is 3. The minimum atomic E-state index is -0.315. The van der Waals surface area contributed by atoms with E-state index in [4.69, 9.17) is 0 Å². The molecule has 0 saturated heterocycles. The molecule has 84 valence electrons. The molecule has 0 bridgehead atoms. The van der Waals surface area contributed by atoms with Crippen LogP contribution in [0.5, 0.6) is 0 Å². The number of aryl methyl sites for hydroxylation is 2. The molecule has 0 fully saturated rings. The highest BCUT2D eigenvalue weighted by atomic mass is 32.1. The molecule has 0 aliphatic heterocycles. The second-order valence-corrected chi connectivity index (χ2v) is 6.25. The first kappa shape index (κ1) is 10.5. The van der Waals surface area contributed by atoms with Gasteiger partial charge in [-0.25, -0.2) is 0 Å². The molecule has 1 atom stereocenters. The molecule has 0 amide bonds. The van der Waals surface area contributed by atoms with Crippen LogP contribution in [0.2, 0.25) is 0 Å². The molecule has 1 nitrogen and oxygen atoms in total. The Hall–Kier alpha value is -0.640. The Morgan fingerprint density at radius 2 is 2.31 bits per heavy atom. The summed E-state index contributed by atoms with van der Waals surface area (Å²) in [4.78, 5) is 2.65. The first-order valence-electron chi connectivity index (χ1n) is 5.63. The van der Waals surface area contributed by atoms with E-state index < -0.39 is 0 Å². The smallest absolute Gasteiger partial charge is 0.0922 e. The number of aliphatic hydroxyl groups is 1. The summed E-state index contributed by atoms with van der Waals surface area (Å²) in [6.45, 7) is 0. The minimum absolute atomic E-state index is 0.315. The van der Waals surface area contributed by atoms with Crippen LogP contribution in [0.25, 0.3) is 0 Å². The van der Waals surface area contributed by atoms with Gasteiger partial charge in [0.25, 0.3) is 0 Å². The SMILES string of the molecule is OC(Cc1ccsc1)c1cc2c(s1)CCC2. The molecular formula is C13H14OS2. The van der Waals surface area contributed by atoms with E-state index in [1.807, 2.05) is 0 Å². The summed E-state index contributed by atoms with van der Waals surface area (Å²) in [6, 6.07) is 4.30. The summed E-state index contributed by atoms with van der Waals surface area (Å²) >= 11 is 3.50. The average molecular weight is 250 g/mol. The van der Waals surface area contributed by atoms with Crippen LogP contribution in [0, 0.1) is 0 Å². The third kappa shape index (κ3) is 1.95. The quantitative estimate of drug-likeness (QED) is 0.883. The molecule has 2 heterocycles. The summed E-state index contributed by atoms with van der Waals surface area (Å²) in [5.74, 6) is 0. The van der Waals surface area contributed by atoms with E-state index in [1.165, 1.54) is 35.3 Å². The number of fused-ring (bicyclic) bond motifs is 1.